The number of fused-ring (bicyclic) bond motifs is 1. The van der Waals surface area contributed by atoms with E-state index in [1.165, 1.54) is 0 Å². The van der Waals surface area contributed by atoms with E-state index >= 15 is 0 Å². The van der Waals surface area contributed by atoms with Gasteiger partial charge in [0, 0.05) is 17.3 Å². The van der Waals surface area contributed by atoms with Crippen molar-refractivity contribution >= 4 is 34.8 Å². The first-order valence-corrected chi connectivity index (χ1v) is 12.0. The van der Waals surface area contributed by atoms with Gasteiger partial charge in [0.1, 0.15) is 23.0 Å². The molecule has 0 spiro atoms. The zero-order chi connectivity index (χ0) is 25.3. The van der Waals surface area contributed by atoms with Gasteiger partial charge < -0.3 is 29.2 Å². The highest BCUT2D eigenvalue weighted by atomic mass is 35.5. The molecule has 0 atom stereocenters. The Morgan fingerprint density at radius 2 is 1.64 bits per heavy atom. The van der Waals surface area contributed by atoms with Crippen molar-refractivity contribution in [3.05, 3.63) is 71.8 Å². The summed E-state index contributed by atoms with van der Waals surface area (Å²) < 4.78 is 22.2. The Balaban J connectivity index is 1.31. The van der Waals surface area contributed by atoms with Crippen molar-refractivity contribution in [2.45, 2.75) is 13.3 Å². The van der Waals surface area contributed by atoms with Crippen LogP contribution in [0, 0.1) is 0 Å². The second kappa shape index (κ2) is 12.2. The lowest BCUT2D eigenvalue weighted by molar-refractivity contribution is -0.121. The van der Waals surface area contributed by atoms with Crippen LogP contribution >= 0.6 is 11.6 Å². The van der Waals surface area contributed by atoms with Crippen LogP contribution in [0.2, 0.25) is 5.02 Å². The number of amides is 2. The van der Waals surface area contributed by atoms with Gasteiger partial charge in [-0.15, -0.1) is 0 Å². The van der Waals surface area contributed by atoms with E-state index in [4.69, 9.17) is 30.5 Å². The minimum Gasteiger partial charge on any atom is -0.494 e. The minimum atomic E-state index is -0.324. The quantitative estimate of drug-likeness (QED) is 0.367. The number of carbonyl (C=O) groups excluding carboxylic acids is 2. The summed E-state index contributed by atoms with van der Waals surface area (Å²) >= 11 is 5.89. The third-order valence-corrected chi connectivity index (χ3v) is 5.55. The van der Waals surface area contributed by atoms with Crippen molar-refractivity contribution in [2.75, 3.05) is 43.2 Å². The second-order valence-electron chi connectivity index (χ2n) is 7.91. The van der Waals surface area contributed by atoms with Gasteiger partial charge in [0.05, 0.1) is 18.9 Å². The first-order chi connectivity index (χ1) is 17.5. The van der Waals surface area contributed by atoms with Crippen LogP contribution in [0.15, 0.2) is 66.7 Å². The van der Waals surface area contributed by atoms with Crippen molar-refractivity contribution < 1.29 is 28.5 Å². The summed E-state index contributed by atoms with van der Waals surface area (Å²) in [5, 5.41) is 3.45. The first-order valence-electron chi connectivity index (χ1n) is 11.6. The van der Waals surface area contributed by atoms with Gasteiger partial charge >= 0.3 is 0 Å². The lowest BCUT2D eigenvalue weighted by Gasteiger charge is -2.30. The molecule has 1 N–H and O–H groups in total. The third-order valence-electron chi connectivity index (χ3n) is 5.30. The van der Waals surface area contributed by atoms with Crippen molar-refractivity contribution in [1.29, 1.82) is 0 Å². The number of nitrogens with one attached hydrogen (secondary N) is 1. The molecule has 188 valence electrons. The molecule has 3 aromatic carbocycles. The predicted octanol–water partition coefficient (Wildman–Crippen LogP) is 4.95. The van der Waals surface area contributed by atoms with E-state index in [2.05, 4.69) is 5.32 Å². The zero-order valence-corrected chi connectivity index (χ0v) is 20.6. The molecule has 1 aliphatic heterocycles. The fourth-order valence-electron chi connectivity index (χ4n) is 3.61. The van der Waals surface area contributed by atoms with E-state index in [9.17, 15) is 9.59 Å². The van der Waals surface area contributed by atoms with Crippen LogP contribution < -0.4 is 29.2 Å². The van der Waals surface area contributed by atoms with Crippen molar-refractivity contribution in [3.8, 4) is 23.0 Å². The van der Waals surface area contributed by atoms with Crippen molar-refractivity contribution in [2.24, 2.45) is 0 Å². The Morgan fingerprint density at radius 1 is 0.972 bits per heavy atom. The molecule has 2 amide bonds. The maximum atomic E-state index is 12.5. The summed E-state index contributed by atoms with van der Waals surface area (Å²) in [5.41, 5.74) is 1.14. The Kier molecular flexibility index (Phi) is 8.52. The maximum absolute atomic E-state index is 12.5. The van der Waals surface area contributed by atoms with Crippen LogP contribution in [0.5, 0.6) is 23.0 Å². The molecule has 1 heterocycles. The molecule has 4 rings (SSSR count). The first kappa shape index (κ1) is 25.2. The summed E-state index contributed by atoms with van der Waals surface area (Å²) in [4.78, 5) is 26.6. The smallest absolute Gasteiger partial charge is 0.265 e. The van der Waals surface area contributed by atoms with Gasteiger partial charge in [0.2, 0.25) is 0 Å². The molecule has 0 unspecified atom stereocenters. The molecular weight excluding hydrogens is 484 g/mol. The van der Waals surface area contributed by atoms with Gasteiger partial charge in [0.25, 0.3) is 11.8 Å². The lowest BCUT2D eigenvalue weighted by atomic mass is 10.2. The molecule has 0 radical (unpaired) electrons. The topological polar surface area (TPSA) is 86.3 Å². The summed E-state index contributed by atoms with van der Waals surface area (Å²) in [7, 11) is 0. The van der Waals surface area contributed by atoms with Gasteiger partial charge in [0.15, 0.2) is 13.2 Å². The minimum absolute atomic E-state index is 0.0350. The molecule has 0 bridgehead atoms. The molecule has 0 aromatic heterocycles. The number of halogens is 1. The molecule has 36 heavy (non-hydrogen) atoms. The van der Waals surface area contributed by atoms with Gasteiger partial charge in [-0.3, -0.25) is 9.59 Å². The Morgan fingerprint density at radius 3 is 2.36 bits per heavy atom. The average molecular weight is 511 g/mol. The summed E-state index contributed by atoms with van der Waals surface area (Å²) in [5.74, 6) is 2.11. The summed E-state index contributed by atoms with van der Waals surface area (Å²) in [6, 6.07) is 19.4. The SMILES string of the molecule is CCOc1ccc(OCC(=O)Nc2ccc3c(c2)N(CCCOc2ccc(Cl)cc2)C(=O)CO3)cc1. The molecular formula is C27H27ClN2O6. The van der Waals surface area contributed by atoms with E-state index in [0.717, 1.165) is 5.75 Å². The predicted molar refractivity (Wildman–Crippen MR) is 138 cm³/mol. The third kappa shape index (κ3) is 6.82. The maximum Gasteiger partial charge on any atom is 0.265 e. The summed E-state index contributed by atoms with van der Waals surface area (Å²) in [6.07, 6.45) is 0.611. The van der Waals surface area contributed by atoms with Gasteiger partial charge in [-0.1, -0.05) is 11.6 Å². The number of ether oxygens (including phenoxy) is 4. The Bertz CT molecular complexity index is 1180. The molecule has 0 fully saturated rings. The number of carbonyl (C=O) groups is 2. The normalized spacial score (nSPS) is 12.4. The number of nitrogens with zero attached hydrogens (tertiary/aromatic N) is 1. The van der Waals surface area contributed by atoms with E-state index < -0.39 is 0 Å². The van der Waals surface area contributed by atoms with Crippen LogP contribution in [0.3, 0.4) is 0 Å². The molecule has 9 heteroatoms. The monoisotopic (exact) mass is 510 g/mol. The highest BCUT2D eigenvalue weighted by Gasteiger charge is 2.25. The Hall–Kier alpha value is -3.91. The molecule has 0 saturated carbocycles. The highest BCUT2D eigenvalue weighted by molar-refractivity contribution is 6.30. The fourth-order valence-corrected chi connectivity index (χ4v) is 3.74. The van der Waals surface area contributed by atoms with Crippen LogP contribution in [0.4, 0.5) is 11.4 Å². The number of hydrogen-bond donors (Lipinski definition) is 1. The van der Waals surface area contributed by atoms with Gasteiger partial charge in [-0.25, -0.2) is 0 Å². The van der Waals surface area contributed by atoms with Crippen LogP contribution in [0.25, 0.3) is 0 Å². The van der Waals surface area contributed by atoms with Crippen LogP contribution in [0.1, 0.15) is 13.3 Å². The number of rotatable bonds is 11. The van der Waals surface area contributed by atoms with Gasteiger partial charge in [-0.05, 0) is 80.1 Å². The molecule has 0 saturated heterocycles. The van der Waals surface area contributed by atoms with E-state index in [1.54, 1.807) is 71.6 Å². The van der Waals surface area contributed by atoms with E-state index in [-0.39, 0.29) is 25.0 Å². The largest absolute Gasteiger partial charge is 0.494 e. The number of hydrogen-bond acceptors (Lipinski definition) is 6. The standard InChI is InChI=1S/C27H27ClN2O6/c1-2-33-21-9-11-23(12-10-21)35-17-26(31)29-20-6-13-25-24(16-20)30(27(32)18-36-25)14-3-15-34-22-7-4-19(28)5-8-22/h4-13,16H,2-3,14-15,17-18H2,1H3,(H,29,31). The molecule has 8 nitrogen and oxygen atoms in total. The second-order valence-corrected chi connectivity index (χ2v) is 8.35. The van der Waals surface area contributed by atoms with Gasteiger partial charge in [-0.2, -0.15) is 0 Å². The van der Waals surface area contributed by atoms with E-state index in [1.807, 2.05) is 6.92 Å². The average Bonchev–Trinajstić information content (AvgIpc) is 2.88. The molecule has 1 aliphatic rings. The molecule has 0 aliphatic carbocycles. The highest BCUT2D eigenvalue weighted by Crippen LogP contribution is 2.34. The van der Waals surface area contributed by atoms with Crippen LogP contribution in [-0.4, -0.2) is 44.8 Å². The fraction of sp³-hybridized carbons (Fsp3) is 0.259. The lowest BCUT2D eigenvalue weighted by Crippen LogP contribution is -2.39. The van der Waals surface area contributed by atoms with Crippen molar-refractivity contribution in [1.82, 2.24) is 0 Å². The van der Waals surface area contributed by atoms with Crippen LogP contribution in [-0.2, 0) is 9.59 Å². The number of benzene rings is 3. The zero-order valence-electron chi connectivity index (χ0n) is 19.9. The summed E-state index contributed by atoms with van der Waals surface area (Å²) in [6.45, 7) is 3.17. The number of anilines is 2. The van der Waals surface area contributed by atoms with Crippen molar-refractivity contribution in [3.63, 3.8) is 0 Å². The Labute approximate surface area is 214 Å². The van der Waals surface area contributed by atoms with E-state index in [0.29, 0.717) is 59.8 Å². The molecule has 3 aromatic rings.